The Labute approximate surface area is 189 Å². The van der Waals surface area contributed by atoms with E-state index in [4.69, 9.17) is 9.84 Å². The molecule has 0 aromatic carbocycles. The van der Waals surface area contributed by atoms with Gasteiger partial charge in [-0.05, 0) is 55.8 Å². The zero-order valence-corrected chi connectivity index (χ0v) is 19.2. The molecule has 4 aliphatic rings. The molecule has 3 unspecified atom stereocenters. The molecule has 4 rings (SSSR count). The molecule has 0 amide bonds. The molecule has 0 aliphatic heterocycles. The second-order valence-corrected chi connectivity index (χ2v) is 10.6. The van der Waals surface area contributed by atoms with Crippen LogP contribution in [0.1, 0.15) is 59.3 Å². The van der Waals surface area contributed by atoms with Crippen molar-refractivity contribution in [1.82, 2.24) is 0 Å². The van der Waals surface area contributed by atoms with Gasteiger partial charge < -0.3 is 14.9 Å². The van der Waals surface area contributed by atoms with Crippen LogP contribution < -0.4 is 0 Å². The second-order valence-electron chi connectivity index (χ2n) is 10.6. The van der Waals surface area contributed by atoms with Crippen molar-refractivity contribution in [2.24, 2.45) is 34.5 Å². The zero-order chi connectivity index (χ0) is 23.3. The van der Waals surface area contributed by atoms with Crippen LogP contribution in [0.4, 0.5) is 0 Å². The number of fused-ring (bicyclic) bond motifs is 5. The van der Waals surface area contributed by atoms with Gasteiger partial charge in [0.2, 0.25) is 0 Å². The Morgan fingerprint density at radius 2 is 1.97 bits per heavy atom. The van der Waals surface area contributed by atoms with E-state index in [9.17, 15) is 19.5 Å². The number of carbonyl (C=O) groups excluding carboxylic acids is 2. The number of aliphatic hydroxyl groups excluding tert-OH is 1. The fourth-order valence-corrected chi connectivity index (χ4v) is 7.22. The van der Waals surface area contributed by atoms with Crippen LogP contribution in [-0.4, -0.2) is 40.6 Å². The molecule has 2 fully saturated rings. The van der Waals surface area contributed by atoms with E-state index in [0.717, 1.165) is 25.7 Å². The van der Waals surface area contributed by atoms with Crippen molar-refractivity contribution in [2.45, 2.75) is 65.4 Å². The van der Waals surface area contributed by atoms with Crippen LogP contribution in [0, 0.1) is 34.5 Å². The second kappa shape index (κ2) is 8.29. The molecule has 2 N–H and O–H groups in total. The monoisotopic (exact) mass is 442 g/mol. The van der Waals surface area contributed by atoms with Crippen molar-refractivity contribution in [3.63, 3.8) is 0 Å². The third kappa shape index (κ3) is 3.76. The van der Waals surface area contributed by atoms with E-state index < -0.39 is 18.0 Å². The van der Waals surface area contributed by atoms with Crippen LogP contribution in [0.3, 0.4) is 0 Å². The van der Waals surface area contributed by atoms with Gasteiger partial charge in [0.05, 0.1) is 18.9 Å². The molecule has 0 bridgehead atoms. The lowest BCUT2D eigenvalue weighted by Gasteiger charge is -2.52. The third-order valence-electron chi connectivity index (χ3n) is 8.65. The van der Waals surface area contributed by atoms with Crippen molar-refractivity contribution in [3.8, 4) is 0 Å². The summed E-state index contributed by atoms with van der Waals surface area (Å²) in [5.74, 6) is -0.903. The van der Waals surface area contributed by atoms with Gasteiger partial charge in [-0.15, -0.1) is 0 Å². The molecular formula is C26H34O6. The lowest BCUT2D eigenvalue weighted by atomic mass is 9.52. The standard InChI is InChI=1S/C26H34O6/c1-15-12-20-18-5-4-16-13-17(27)8-10-25(16,2)19(18)9-11-26(20,3)24(15)21(28)14-32-23(31)7-6-22(29)30/h8-10,13,15,17-18,20,24,27H,4-7,11-12,14H2,1-3H3,(H,29,30)/t15-,17?,18?,20?,24+,25-,26-/m0/s1. The molecule has 0 radical (unpaired) electrons. The van der Waals surface area contributed by atoms with Gasteiger partial charge in [0.15, 0.2) is 5.78 Å². The molecule has 6 heteroatoms. The highest BCUT2D eigenvalue weighted by Gasteiger charge is 2.59. The maximum absolute atomic E-state index is 13.2. The normalized spacial score (nSPS) is 39.8. The number of hydrogen-bond donors (Lipinski definition) is 2. The number of carboxylic acids is 1. The van der Waals surface area contributed by atoms with Crippen molar-refractivity contribution in [3.05, 3.63) is 35.5 Å². The van der Waals surface area contributed by atoms with Gasteiger partial charge in [0.25, 0.3) is 0 Å². The van der Waals surface area contributed by atoms with Gasteiger partial charge >= 0.3 is 11.9 Å². The molecule has 174 valence electrons. The predicted molar refractivity (Wildman–Crippen MR) is 118 cm³/mol. The lowest BCUT2D eigenvalue weighted by molar-refractivity contribution is -0.152. The van der Waals surface area contributed by atoms with E-state index in [1.807, 2.05) is 12.2 Å². The summed E-state index contributed by atoms with van der Waals surface area (Å²) in [6, 6.07) is 0. The minimum atomic E-state index is -1.06. The van der Waals surface area contributed by atoms with Crippen molar-refractivity contribution in [1.29, 1.82) is 0 Å². The molecule has 0 aromatic rings. The minimum Gasteiger partial charge on any atom is -0.481 e. The number of allylic oxidation sites excluding steroid dienone is 4. The SMILES string of the molecule is C[C@H]1CC2C3CCC4=CC(O)C=C[C@]4(C)C3=CC[C@]2(C)[C@H]1C(=O)COC(=O)CCC(=O)O. The molecule has 4 aliphatic carbocycles. The Balaban J connectivity index is 1.52. The molecule has 0 saturated heterocycles. The van der Waals surface area contributed by atoms with Gasteiger partial charge in [0, 0.05) is 11.3 Å². The van der Waals surface area contributed by atoms with E-state index in [1.54, 1.807) is 0 Å². The summed E-state index contributed by atoms with van der Waals surface area (Å²) in [6.45, 7) is 6.32. The van der Waals surface area contributed by atoms with E-state index in [0.29, 0.717) is 11.8 Å². The minimum absolute atomic E-state index is 0.0497. The molecular weight excluding hydrogens is 408 g/mol. The number of Topliss-reactive ketones (excluding diaryl/α,β-unsaturated/α-hetero) is 1. The summed E-state index contributed by atoms with van der Waals surface area (Å²) >= 11 is 0. The molecule has 2 saturated carbocycles. The van der Waals surface area contributed by atoms with E-state index in [-0.39, 0.29) is 47.9 Å². The average Bonchev–Trinajstić information content (AvgIpc) is 3.01. The number of aliphatic hydroxyl groups is 1. The quantitative estimate of drug-likeness (QED) is 0.479. The van der Waals surface area contributed by atoms with Crippen LogP contribution in [0.15, 0.2) is 35.5 Å². The number of carboxylic acid groups (broad SMARTS) is 1. The topological polar surface area (TPSA) is 101 Å². The van der Waals surface area contributed by atoms with E-state index >= 15 is 0 Å². The maximum atomic E-state index is 13.2. The summed E-state index contributed by atoms with van der Waals surface area (Å²) in [4.78, 5) is 35.6. The summed E-state index contributed by atoms with van der Waals surface area (Å²) < 4.78 is 5.14. The Morgan fingerprint density at radius 3 is 2.69 bits per heavy atom. The van der Waals surface area contributed by atoms with Crippen molar-refractivity contribution in [2.75, 3.05) is 6.61 Å². The first kappa shape index (κ1) is 23.0. The maximum Gasteiger partial charge on any atom is 0.306 e. The zero-order valence-electron chi connectivity index (χ0n) is 19.2. The molecule has 6 nitrogen and oxygen atoms in total. The molecule has 0 heterocycles. The number of aliphatic carboxylic acids is 1. The average molecular weight is 443 g/mol. The Kier molecular flexibility index (Phi) is 5.95. The van der Waals surface area contributed by atoms with Crippen LogP contribution in [0.5, 0.6) is 0 Å². The Hall–Kier alpha value is -2.21. The summed E-state index contributed by atoms with van der Waals surface area (Å²) in [5.41, 5.74) is 2.41. The van der Waals surface area contributed by atoms with Gasteiger partial charge in [-0.25, -0.2) is 0 Å². The van der Waals surface area contributed by atoms with E-state index in [2.05, 4.69) is 32.9 Å². The predicted octanol–water partition coefficient (Wildman–Crippen LogP) is 3.85. The number of esters is 1. The third-order valence-corrected chi connectivity index (χ3v) is 8.65. The fraction of sp³-hybridized carbons (Fsp3) is 0.654. The summed E-state index contributed by atoms with van der Waals surface area (Å²) in [5, 5.41) is 18.8. The fourth-order valence-electron chi connectivity index (χ4n) is 7.22. The highest BCUT2D eigenvalue weighted by Crippen LogP contribution is 2.65. The number of hydrogen-bond acceptors (Lipinski definition) is 5. The van der Waals surface area contributed by atoms with Gasteiger partial charge in [-0.2, -0.15) is 0 Å². The van der Waals surface area contributed by atoms with Crippen molar-refractivity contribution >= 4 is 17.7 Å². The molecule has 7 atom stereocenters. The lowest BCUT2D eigenvalue weighted by Crippen LogP contribution is -2.45. The largest absolute Gasteiger partial charge is 0.481 e. The summed E-state index contributed by atoms with van der Waals surface area (Å²) in [7, 11) is 0. The number of rotatable bonds is 6. The highest BCUT2D eigenvalue weighted by molar-refractivity contribution is 5.86. The molecule has 0 aromatic heterocycles. The first-order valence-corrected chi connectivity index (χ1v) is 11.8. The van der Waals surface area contributed by atoms with Crippen LogP contribution in [-0.2, 0) is 19.1 Å². The van der Waals surface area contributed by atoms with Crippen LogP contribution in [0.2, 0.25) is 0 Å². The van der Waals surface area contributed by atoms with Gasteiger partial charge in [0.1, 0.15) is 6.61 Å². The number of carbonyl (C=O) groups is 3. The van der Waals surface area contributed by atoms with Gasteiger partial charge in [-0.1, -0.05) is 49.3 Å². The van der Waals surface area contributed by atoms with Crippen molar-refractivity contribution < 1.29 is 29.3 Å². The smallest absolute Gasteiger partial charge is 0.306 e. The summed E-state index contributed by atoms with van der Waals surface area (Å²) in [6.07, 6.45) is 11.1. The van der Waals surface area contributed by atoms with Crippen LogP contribution in [0.25, 0.3) is 0 Å². The number of ketones is 1. The van der Waals surface area contributed by atoms with E-state index in [1.165, 1.54) is 11.1 Å². The number of ether oxygens (including phenoxy) is 1. The highest BCUT2D eigenvalue weighted by atomic mass is 16.5. The first-order chi connectivity index (χ1) is 15.1. The Bertz CT molecular complexity index is 913. The molecule has 0 spiro atoms. The Morgan fingerprint density at radius 1 is 1.22 bits per heavy atom. The molecule has 32 heavy (non-hydrogen) atoms. The van der Waals surface area contributed by atoms with Crippen LogP contribution >= 0.6 is 0 Å². The van der Waals surface area contributed by atoms with Gasteiger partial charge in [-0.3, -0.25) is 14.4 Å². The first-order valence-electron chi connectivity index (χ1n) is 11.8.